The van der Waals surface area contributed by atoms with Gasteiger partial charge in [-0.05, 0) is 40.5 Å². The van der Waals surface area contributed by atoms with Crippen molar-refractivity contribution in [2.75, 3.05) is 13.2 Å². The molecule has 4 heteroatoms. The van der Waals surface area contributed by atoms with E-state index < -0.39 is 0 Å². The molecule has 0 aromatic rings. The van der Waals surface area contributed by atoms with Crippen LogP contribution in [0.15, 0.2) is 0 Å². The predicted molar refractivity (Wildman–Crippen MR) is 65.7 cm³/mol. The van der Waals surface area contributed by atoms with E-state index >= 15 is 0 Å². The summed E-state index contributed by atoms with van der Waals surface area (Å²) in [4.78, 5) is 3.30. The Morgan fingerprint density at radius 1 is 1.29 bits per heavy atom. The normalized spacial score (nSPS) is 24.5. The number of ether oxygens (including phenoxy) is 1. The molecule has 4 nitrogen and oxygen atoms in total. The molecular formula is C13H23N2O2. The Bertz CT molecular complexity index is 276. The minimum atomic E-state index is -0.369. The van der Waals surface area contributed by atoms with Crippen molar-refractivity contribution in [3.63, 3.8) is 0 Å². The second kappa shape index (κ2) is 5.34. The van der Waals surface area contributed by atoms with Gasteiger partial charge in [0.2, 0.25) is 6.54 Å². The lowest BCUT2D eigenvalue weighted by atomic mass is 9.80. The number of nitrogens with zero attached hydrogens (tertiary/aromatic N) is 2. The summed E-state index contributed by atoms with van der Waals surface area (Å²) in [6.07, 6.45) is 2.44. The van der Waals surface area contributed by atoms with E-state index in [1.807, 2.05) is 27.7 Å². The average Bonchev–Trinajstić information content (AvgIpc) is 2.20. The fraction of sp³-hybridized carbons (Fsp3) is 0.923. The lowest BCUT2D eigenvalue weighted by Crippen LogP contribution is -2.59. The quantitative estimate of drug-likeness (QED) is 0.558. The maximum atomic E-state index is 12.1. The summed E-state index contributed by atoms with van der Waals surface area (Å²) >= 11 is 0. The van der Waals surface area contributed by atoms with Crippen molar-refractivity contribution in [2.24, 2.45) is 0 Å². The van der Waals surface area contributed by atoms with Gasteiger partial charge in [0.05, 0.1) is 12.7 Å². The molecule has 0 N–H and O–H groups in total. The van der Waals surface area contributed by atoms with E-state index in [9.17, 15) is 5.21 Å². The van der Waals surface area contributed by atoms with Crippen molar-refractivity contribution in [3.05, 3.63) is 11.4 Å². The van der Waals surface area contributed by atoms with Gasteiger partial charge >= 0.3 is 0 Å². The number of hydrogen-bond acceptors (Lipinski definition) is 2. The molecule has 0 amide bonds. The van der Waals surface area contributed by atoms with Gasteiger partial charge in [-0.1, -0.05) is 0 Å². The first-order chi connectivity index (χ1) is 7.79. The SMILES string of the molecule is [C-]#[N+]CCCOC1CC(C)(C)N([O])C(C)(C)C1. The third-order valence-corrected chi connectivity index (χ3v) is 3.32. The molecule has 1 radical (unpaired) electrons. The van der Waals surface area contributed by atoms with Crippen molar-refractivity contribution in [3.8, 4) is 0 Å². The third kappa shape index (κ3) is 3.67. The number of rotatable bonds is 4. The van der Waals surface area contributed by atoms with Crippen LogP contribution in [-0.2, 0) is 9.94 Å². The van der Waals surface area contributed by atoms with Crippen molar-refractivity contribution in [2.45, 2.75) is 64.1 Å². The molecule has 1 fully saturated rings. The molecule has 1 heterocycles. The Balaban J connectivity index is 2.51. The molecule has 1 aliphatic rings. The van der Waals surface area contributed by atoms with E-state index in [1.54, 1.807) is 0 Å². The van der Waals surface area contributed by atoms with E-state index in [4.69, 9.17) is 11.3 Å². The van der Waals surface area contributed by atoms with Crippen LogP contribution in [0.1, 0.15) is 47.0 Å². The van der Waals surface area contributed by atoms with Crippen LogP contribution in [0, 0.1) is 6.57 Å². The molecule has 1 saturated heterocycles. The minimum Gasteiger partial charge on any atom is -0.378 e. The first-order valence-electron chi connectivity index (χ1n) is 6.22. The summed E-state index contributed by atoms with van der Waals surface area (Å²) in [6, 6.07) is 0. The second-order valence-electron chi connectivity index (χ2n) is 6.06. The molecule has 0 aromatic heterocycles. The highest BCUT2D eigenvalue weighted by Gasteiger charge is 2.46. The summed E-state index contributed by atoms with van der Waals surface area (Å²) in [5, 5.41) is 13.3. The topological polar surface area (TPSA) is 36.7 Å². The van der Waals surface area contributed by atoms with Crippen molar-refractivity contribution in [1.29, 1.82) is 0 Å². The van der Waals surface area contributed by atoms with Gasteiger partial charge in [0.25, 0.3) is 0 Å². The van der Waals surface area contributed by atoms with E-state index in [-0.39, 0.29) is 17.2 Å². The molecule has 1 rings (SSSR count). The van der Waals surface area contributed by atoms with Gasteiger partial charge in [-0.25, -0.2) is 6.57 Å². The molecule has 17 heavy (non-hydrogen) atoms. The van der Waals surface area contributed by atoms with Crippen LogP contribution in [0.3, 0.4) is 0 Å². The summed E-state index contributed by atoms with van der Waals surface area (Å²) in [6.45, 7) is 15.7. The van der Waals surface area contributed by atoms with Gasteiger partial charge in [-0.2, -0.15) is 0 Å². The van der Waals surface area contributed by atoms with Gasteiger partial charge in [-0.15, -0.1) is 10.3 Å². The maximum Gasteiger partial charge on any atom is 0.216 e. The first-order valence-corrected chi connectivity index (χ1v) is 6.22. The minimum absolute atomic E-state index is 0.135. The first kappa shape index (κ1) is 14.4. The van der Waals surface area contributed by atoms with Crippen LogP contribution in [0.5, 0.6) is 0 Å². The smallest absolute Gasteiger partial charge is 0.216 e. The standard InChI is InChI=1S/C13H23N2O2/c1-12(2)9-11(17-8-6-7-14-5)10-13(3,4)15(12)16/h11H,6-10H2,1-4H3. The number of hydrogen-bond donors (Lipinski definition) is 0. The Kier molecular flexibility index (Phi) is 4.54. The molecule has 1 aliphatic heterocycles. The molecule has 0 saturated carbocycles. The molecule has 97 valence electrons. The zero-order valence-electron chi connectivity index (χ0n) is 11.3. The zero-order chi connectivity index (χ0) is 13.1. The van der Waals surface area contributed by atoms with E-state index in [2.05, 4.69) is 4.85 Å². The highest BCUT2D eigenvalue weighted by atomic mass is 16.5. The second-order valence-corrected chi connectivity index (χ2v) is 6.06. The largest absolute Gasteiger partial charge is 0.378 e. The van der Waals surface area contributed by atoms with Crippen molar-refractivity contribution in [1.82, 2.24) is 5.06 Å². The van der Waals surface area contributed by atoms with E-state index in [0.29, 0.717) is 13.2 Å². The molecule has 0 atom stereocenters. The summed E-state index contributed by atoms with van der Waals surface area (Å²) in [5.41, 5.74) is -0.738. The van der Waals surface area contributed by atoms with Gasteiger partial charge in [0, 0.05) is 17.5 Å². The zero-order valence-corrected chi connectivity index (χ0v) is 11.3. The van der Waals surface area contributed by atoms with Gasteiger partial charge in [0.1, 0.15) is 0 Å². The van der Waals surface area contributed by atoms with Crippen LogP contribution >= 0.6 is 0 Å². The fourth-order valence-corrected chi connectivity index (χ4v) is 2.68. The predicted octanol–water partition coefficient (Wildman–Crippen LogP) is 2.68. The number of piperidine rings is 1. The summed E-state index contributed by atoms with van der Waals surface area (Å²) in [5.74, 6) is 0. The monoisotopic (exact) mass is 239 g/mol. The van der Waals surface area contributed by atoms with Gasteiger partial charge in [-0.3, -0.25) is 0 Å². The highest BCUT2D eigenvalue weighted by Crippen LogP contribution is 2.38. The van der Waals surface area contributed by atoms with E-state index in [0.717, 1.165) is 19.3 Å². The van der Waals surface area contributed by atoms with Crippen LogP contribution in [0.25, 0.3) is 4.85 Å². The lowest BCUT2D eigenvalue weighted by Gasteiger charge is -2.49. The molecular weight excluding hydrogens is 216 g/mol. The highest BCUT2D eigenvalue weighted by molar-refractivity contribution is 4.96. The molecule has 0 unspecified atom stereocenters. The average molecular weight is 239 g/mol. The molecule has 0 aromatic carbocycles. The van der Waals surface area contributed by atoms with Gasteiger partial charge < -0.3 is 9.58 Å². The van der Waals surface area contributed by atoms with Crippen LogP contribution < -0.4 is 0 Å². The molecule has 0 spiro atoms. The Hall–Kier alpha value is -0.630. The summed E-state index contributed by atoms with van der Waals surface area (Å²) < 4.78 is 5.80. The van der Waals surface area contributed by atoms with E-state index in [1.165, 1.54) is 5.06 Å². The lowest BCUT2D eigenvalue weighted by molar-refractivity contribution is -0.301. The molecule has 0 aliphatic carbocycles. The number of hydroxylamine groups is 2. The fourth-order valence-electron chi connectivity index (χ4n) is 2.68. The van der Waals surface area contributed by atoms with Crippen LogP contribution in [0.2, 0.25) is 0 Å². The van der Waals surface area contributed by atoms with Gasteiger partial charge in [0.15, 0.2) is 0 Å². The maximum absolute atomic E-state index is 12.1. The van der Waals surface area contributed by atoms with Crippen molar-refractivity contribution < 1.29 is 9.94 Å². The third-order valence-electron chi connectivity index (χ3n) is 3.32. The summed E-state index contributed by atoms with van der Waals surface area (Å²) in [7, 11) is 0. The Labute approximate surface area is 104 Å². The van der Waals surface area contributed by atoms with Crippen molar-refractivity contribution >= 4 is 0 Å². The van der Waals surface area contributed by atoms with Crippen LogP contribution in [-0.4, -0.2) is 35.4 Å². The Morgan fingerprint density at radius 3 is 2.29 bits per heavy atom. The Morgan fingerprint density at radius 2 is 1.82 bits per heavy atom. The molecule has 0 bridgehead atoms. The van der Waals surface area contributed by atoms with Crippen LogP contribution in [0.4, 0.5) is 0 Å².